The first-order valence-electron chi connectivity index (χ1n) is 14.0. The van der Waals surface area contributed by atoms with Crippen molar-refractivity contribution in [3.05, 3.63) is 66.7 Å². The van der Waals surface area contributed by atoms with E-state index in [0.29, 0.717) is 59.3 Å². The van der Waals surface area contributed by atoms with Crippen molar-refractivity contribution in [3.8, 4) is 22.9 Å². The van der Waals surface area contributed by atoms with Crippen LogP contribution in [-0.2, 0) is 14.8 Å². The van der Waals surface area contributed by atoms with Gasteiger partial charge in [-0.15, -0.1) is 0 Å². The minimum absolute atomic E-state index is 0.112. The molecule has 0 saturated carbocycles. The average molecular weight is 633 g/mol. The van der Waals surface area contributed by atoms with Gasteiger partial charge in [-0.3, -0.25) is 4.79 Å². The average Bonchev–Trinajstić information content (AvgIpc) is 3.80. The Bertz CT molecular complexity index is 1980. The first-order valence-corrected chi connectivity index (χ1v) is 15.5. The fraction of sp³-hybridized carbons (Fsp3) is 0.267. The number of nitrogens with zero attached hydrogens (tertiary/aromatic N) is 6. The third kappa shape index (κ3) is 5.35. The molecule has 14 nitrogen and oxygen atoms in total. The van der Waals surface area contributed by atoms with Gasteiger partial charge in [-0.25, -0.2) is 17.4 Å². The maximum absolute atomic E-state index is 13.8. The summed E-state index contributed by atoms with van der Waals surface area (Å²) in [5.74, 6) is 1.80. The lowest BCUT2D eigenvalue weighted by atomic mass is 10.2. The normalized spacial score (nSPS) is 14.9. The number of carbonyl (C=O) groups is 1. The molecule has 6 rings (SSSR count). The summed E-state index contributed by atoms with van der Waals surface area (Å²) in [4.78, 5) is 28.0. The fourth-order valence-electron chi connectivity index (χ4n) is 5.39. The summed E-state index contributed by atoms with van der Waals surface area (Å²) < 4.78 is 46.8. The van der Waals surface area contributed by atoms with E-state index in [9.17, 15) is 13.2 Å². The molecular weight excluding hydrogens is 600 g/mol. The molecule has 0 radical (unpaired) electrons. The summed E-state index contributed by atoms with van der Waals surface area (Å²) in [5.41, 5.74) is 7.45. The Kier molecular flexibility index (Phi) is 7.70. The van der Waals surface area contributed by atoms with Gasteiger partial charge < -0.3 is 34.7 Å². The molecule has 1 fully saturated rings. The number of nitrogens with one attached hydrogen (secondary N) is 1. The molecule has 1 aliphatic heterocycles. The summed E-state index contributed by atoms with van der Waals surface area (Å²) >= 11 is 0. The zero-order valence-electron chi connectivity index (χ0n) is 25.1. The summed E-state index contributed by atoms with van der Waals surface area (Å²) in [5, 5.41) is 3.65. The van der Waals surface area contributed by atoms with Gasteiger partial charge in [0, 0.05) is 24.9 Å². The smallest absolute Gasteiger partial charge is 0.269 e. The molecule has 1 aliphatic rings. The number of hydrogen-bond donors (Lipinski definition) is 2. The Morgan fingerprint density at radius 1 is 1.02 bits per heavy atom. The Morgan fingerprint density at radius 2 is 1.73 bits per heavy atom. The second-order valence-corrected chi connectivity index (χ2v) is 12.3. The number of imidazole rings is 1. The number of benzene rings is 2. The number of aromatic nitrogens is 5. The highest BCUT2D eigenvalue weighted by Gasteiger charge is 2.32. The molecule has 3 aromatic heterocycles. The van der Waals surface area contributed by atoms with Crippen molar-refractivity contribution in [3.63, 3.8) is 0 Å². The van der Waals surface area contributed by atoms with Gasteiger partial charge in [0.1, 0.15) is 24.0 Å². The number of nitrogens with two attached hydrogens (primary N) is 1. The van der Waals surface area contributed by atoms with Crippen molar-refractivity contribution in [1.82, 2.24) is 23.5 Å². The highest BCUT2D eigenvalue weighted by Crippen LogP contribution is 2.39. The van der Waals surface area contributed by atoms with E-state index in [1.165, 1.54) is 27.5 Å². The van der Waals surface area contributed by atoms with Crippen LogP contribution in [-0.4, -0.2) is 71.7 Å². The van der Waals surface area contributed by atoms with Crippen LogP contribution in [0, 0.1) is 6.92 Å². The number of anilines is 3. The van der Waals surface area contributed by atoms with Crippen LogP contribution in [0.1, 0.15) is 18.4 Å². The molecule has 5 aromatic rings. The third-order valence-corrected chi connectivity index (χ3v) is 9.37. The van der Waals surface area contributed by atoms with E-state index in [1.54, 1.807) is 64.5 Å². The molecule has 3 N–H and O–H groups in total. The highest BCUT2D eigenvalue weighted by molar-refractivity contribution is 7.90. The predicted molar refractivity (Wildman–Crippen MR) is 167 cm³/mol. The monoisotopic (exact) mass is 632 g/mol. The lowest BCUT2D eigenvalue weighted by molar-refractivity contribution is -0.119. The SMILES string of the molecule is COc1cc(-n2cnc(Nc3nc(N4CCC[C@H]4C(N)=O)nc4c3ccn4S(=O)(=O)c3ccc(C)cc3)c2)cc(OC)c1OC. The maximum atomic E-state index is 13.8. The topological polar surface area (TPSA) is 169 Å². The summed E-state index contributed by atoms with van der Waals surface area (Å²) in [6, 6.07) is 11.1. The zero-order valence-corrected chi connectivity index (χ0v) is 25.9. The summed E-state index contributed by atoms with van der Waals surface area (Å²) in [6.45, 7) is 2.37. The van der Waals surface area contributed by atoms with E-state index in [0.717, 1.165) is 9.54 Å². The van der Waals surface area contributed by atoms with Crippen molar-refractivity contribution in [1.29, 1.82) is 0 Å². The quantitative estimate of drug-likeness (QED) is 0.231. The van der Waals surface area contributed by atoms with E-state index < -0.39 is 22.0 Å². The number of primary amides is 1. The Morgan fingerprint density at radius 3 is 2.38 bits per heavy atom. The number of fused-ring (bicyclic) bond motifs is 1. The molecule has 0 spiro atoms. The van der Waals surface area contributed by atoms with Crippen molar-refractivity contribution in [2.45, 2.75) is 30.7 Å². The van der Waals surface area contributed by atoms with Crippen LogP contribution in [0.15, 0.2) is 66.1 Å². The van der Waals surface area contributed by atoms with Crippen LogP contribution in [0.5, 0.6) is 17.2 Å². The van der Waals surface area contributed by atoms with Gasteiger partial charge in [0.25, 0.3) is 10.0 Å². The van der Waals surface area contributed by atoms with Crippen LogP contribution < -0.4 is 30.2 Å². The number of hydrogen-bond acceptors (Lipinski definition) is 11. The molecule has 45 heavy (non-hydrogen) atoms. The predicted octanol–water partition coefficient (Wildman–Crippen LogP) is 3.39. The number of amides is 1. The third-order valence-electron chi connectivity index (χ3n) is 7.69. The van der Waals surface area contributed by atoms with Crippen LogP contribution in [0.4, 0.5) is 17.6 Å². The molecule has 4 heterocycles. The zero-order chi connectivity index (χ0) is 31.9. The van der Waals surface area contributed by atoms with Gasteiger partial charge >= 0.3 is 0 Å². The molecule has 0 aliphatic carbocycles. The molecule has 1 atom stereocenters. The van der Waals surface area contributed by atoms with Crippen molar-refractivity contribution < 1.29 is 27.4 Å². The molecular formula is C30H32N8O6S. The van der Waals surface area contributed by atoms with E-state index >= 15 is 0 Å². The first kappa shape index (κ1) is 29.7. The van der Waals surface area contributed by atoms with E-state index in [2.05, 4.69) is 15.3 Å². The highest BCUT2D eigenvalue weighted by atomic mass is 32.2. The van der Waals surface area contributed by atoms with Gasteiger partial charge in [0.2, 0.25) is 17.6 Å². The summed E-state index contributed by atoms with van der Waals surface area (Å²) in [7, 11) is 0.588. The van der Waals surface area contributed by atoms with Gasteiger partial charge in [-0.1, -0.05) is 17.7 Å². The number of rotatable bonds is 10. The van der Waals surface area contributed by atoms with Gasteiger partial charge in [0.15, 0.2) is 17.1 Å². The molecule has 0 unspecified atom stereocenters. The molecule has 1 amide bonds. The minimum Gasteiger partial charge on any atom is -0.493 e. The van der Waals surface area contributed by atoms with E-state index in [1.807, 2.05) is 6.92 Å². The minimum atomic E-state index is -4.01. The van der Waals surface area contributed by atoms with Gasteiger partial charge in [-0.2, -0.15) is 9.97 Å². The van der Waals surface area contributed by atoms with Crippen LogP contribution in [0.2, 0.25) is 0 Å². The van der Waals surface area contributed by atoms with Gasteiger partial charge in [0.05, 0.1) is 43.5 Å². The van der Waals surface area contributed by atoms with Crippen molar-refractivity contribution >= 4 is 44.5 Å². The molecule has 0 bridgehead atoms. The fourth-order valence-corrected chi connectivity index (χ4v) is 6.69. The number of methoxy groups -OCH3 is 3. The molecule has 1 saturated heterocycles. The van der Waals surface area contributed by atoms with Crippen LogP contribution >= 0.6 is 0 Å². The van der Waals surface area contributed by atoms with Crippen LogP contribution in [0.25, 0.3) is 16.7 Å². The standard InChI is InChI=1S/C30H32N8O6S/c1-18-7-9-20(10-8-18)45(40,41)38-13-11-21-28(34-30(35-29(21)38)37-12-5-6-22(37)27(31)39)33-25-16-36(17-32-25)19-14-23(42-2)26(44-4)24(15-19)43-3/h7-11,13-17,22H,5-6,12H2,1-4H3,(H2,31,39)(H,33,34,35)/t22-/m0/s1. The second-order valence-electron chi connectivity index (χ2n) is 10.5. The Labute approximate surface area is 259 Å². The largest absolute Gasteiger partial charge is 0.493 e. The van der Waals surface area contributed by atoms with E-state index in [-0.39, 0.29) is 16.5 Å². The Balaban J connectivity index is 1.44. The van der Waals surface area contributed by atoms with Crippen molar-refractivity contribution in [2.24, 2.45) is 5.73 Å². The lowest BCUT2D eigenvalue weighted by Crippen LogP contribution is -2.41. The molecule has 234 valence electrons. The second kappa shape index (κ2) is 11.6. The summed E-state index contributed by atoms with van der Waals surface area (Å²) in [6.07, 6.45) is 6.02. The molecule has 2 aromatic carbocycles. The van der Waals surface area contributed by atoms with E-state index in [4.69, 9.17) is 24.9 Å². The van der Waals surface area contributed by atoms with Crippen molar-refractivity contribution in [2.75, 3.05) is 38.1 Å². The lowest BCUT2D eigenvalue weighted by Gasteiger charge is -2.23. The maximum Gasteiger partial charge on any atom is 0.269 e. The van der Waals surface area contributed by atoms with Gasteiger partial charge in [-0.05, 0) is 38.0 Å². The first-order chi connectivity index (χ1) is 21.6. The Hall–Kier alpha value is -5.31. The molecule has 15 heteroatoms. The number of ether oxygens (including phenoxy) is 3. The van der Waals surface area contributed by atoms with Crippen LogP contribution in [0.3, 0.4) is 0 Å². The number of aryl methyl sites for hydroxylation is 1. The number of carbonyl (C=O) groups excluding carboxylic acids is 1.